The van der Waals surface area contributed by atoms with Gasteiger partial charge < -0.3 is 15.2 Å². The summed E-state index contributed by atoms with van der Waals surface area (Å²) in [6, 6.07) is 10.0. The van der Waals surface area contributed by atoms with Crippen LogP contribution in [0.25, 0.3) is 0 Å². The van der Waals surface area contributed by atoms with E-state index in [0.717, 1.165) is 15.7 Å². The summed E-state index contributed by atoms with van der Waals surface area (Å²) in [6.07, 6.45) is 0. The highest BCUT2D eigenvalue weighted by Crippen LogP contribution is 2.27. The van der Waals surface area contributed by atoms with E-state index in [-0.39, 0.29) is 28.5 Å². The van der Waals surface area contributed by atoms with Crippen LogP contribution in [0.4, 0.5) is 5.69 Å². The number of rotatable bonds is 9. The average molecular weight is 599 g/mol. The first-order valence-electron chi connectivity index (χ1n) is 11.0. The molecule has 1 heterocycles. The van der Waals surface area contributed by atoms with Gasteiger partial charge in [0.05, 0.1) is 22.4 Å². The molecule has 2 aromatic carbocycles. The molecule has 0 bridgehead atoms. The standard InChI is InChI=1S/C24H26BrCl2N5O2S/c1-5-32-22(21(13(2)3)29-23(34)17-8-7-16(26)11-18(17)27)30-31-24(32)35-12-20(33)28-19-9-6-15(25)10-14(19)4/h6-11,13,21H,5,12H2,1-4H3,(H,28,33)(H,29,34)/t21-/m1/s1. The first kappa shape index (κ1) is 27.5. The number of hydrogen-bond donors (Lipinski definition) is 2. The zero-order chi connectivity index (χ0) is 25.7. The number of carbonyl (C=O) groups is 2. The summed E-state index contributed by atoms with van der Waals surface area (Å²) in [6.45, 7) is 8.47. The van der Waals surface area contributed by atoms with Crippen LogP contribution < -0.4 is 10.6 Å². The third kappa shape index (κ3) is 7.00. The van der Waals surface area contributed by atoms with Crippen molar-refractivity contribution >= 4 is 68.4 Å². The monoisotopic (exact) mass is 597 g/mol. The summed E-state index contributed by atoms with van der Waals surface area (Å²) >= 11 is 16.9. The quantitative estimate of drug-likeness (QED) is 0.273. The molecule has 0 aliphatic carbocycles. The molecular weight excluding hydrogens is 573 g/mol. The Morgan fingerprint density at radius 1 is 1.14 bits per heavy atom. The van der Waals surface area contributed by atoms with Gasteiger partial charge in [-0.2, -0.15) is 0 Å². The summed E-state index contributed by atoms with van der Waals surface area (Å²) in [7, 11) is 0. The molecule has 0 aliphatic rings. The van der Waals surface area contributed by atoms with Crippen molar-refractivity contribution in [1.82, 2.24) is 20.1 Å². The van der Waals surface area contributed by atoms with E-state index in [2.05, 4.69) is 36.8 Å². The minimum absolute atomic E-state index is 0.0288. The number of halogens is 3. The SMILES string of the molecule is CCn1c(SCC(=O)Nc2ccc(Br)cc2C)nnc1[C@H](NC(=O)c1ccc(Cl)cc1Cl)C(C)C. The molecule has 0 unspecified atom stereocenters. The van der Waals surface area contributed by atoms with Gasteiger partial charge in [0.25, 0.3) is 5.91 Å². The van der Waals surface area contributed by atoms with Crippen LogP contribution in [0.3, 0.4) is 0 Å². The topological polar surface area (TPSA) is 88.9 Å². The van der Waals surface area contributed by atoms with E-state index in [4.69, 9.17) is 23.2 Å². The third-order valence-corrected chi connectivity index (χ3v) is 7.27. The number of aryl methyl sites for hydroxylation is 1. The van der Waals surface area contributed by atoms with E-state index in [0.29, 0.717) is 28.1 Å². The smallest absolute Gasteiger partial charge is 0.253 e. The fourth-order valence-corrected chi connectivity index (χ4v) is 5.22. The van der Waals surface area contributed by atoms with Gasteiger partial charge in [0, 0.05) is 21.7 Å². The van der Waals surface area contributed by atoms with Gasteiger partial charge in [0.2, 0.25) is 5.91 Å². The molecule has 186 valence electrons. The van der Waals surface area contributed by atoms with Crippen LogP contribution in [0.15, 0.2) is 46.0 Å². The van der Waals surface area contributed by atoms with Crippen molar-refractivity contribution in [1.29, 1.82) is 0 Å². The highest BCUT2D eigenvalue weighted by atomic mass is 79.9. The number of aromatic nitrogens is 3. The summed E-state index contributed by atoms with van der Waals surface area (Å²) in [4.78, 5) is 25.5. The molecule has 3 aromatic rings. The largest absolute Gasteiger partial charge is 0.342 e. The number of hydrogen-bond acceptors (Lipinski definition) is 5. The summed E-state index contributed by atoms with van der Waals surface area (Å²) in [5.74, 6) is 0.356. The third-order valence-electron chi connectivity index (χ3n) is 5.26. The molecule has 35 heavy (non-hydrogen) atoms. The Balaban J connectivity index is 1.73. The maximum Gasteiger partial charge on any atom is 0.253 e. The van der Waals surface area contributed by atoms with Gasteiger partial charge in [-0.25, -0.2) is 0 Å². The van der Waals surface area contributed by atoms with Gasteiger partial charge in [0.1, 0.15) is 0 Å². The van der Waals surface area contributed by atoms with Crippen LogP contribution in [-0.2, 0) is 11.3 Å². The number of nitrogens with one attached hydrogen (secondary N) is 2. The molecule has 1 aromatic heterocycles. The van der Waals surface area contributed by atoms with Gasteiger partial charge in [-0.15, -0.1) is 10.2 Å². The molecule has 0 fully saturated rings. The van der Waals surface area contributed by atoms with E-state index < -0.39 is 6.04 Å². The lowest BCUT2D eigenvalue weighted by Gasteiger charge is -2.22. The van der Waals surface area contributed by atoms with Crippen molar-refractivity contribution < 1.29 is 9.59 Å². The maximum absolute atomic E-state index is 13.0. The lowest BCUT2D eigenvalue weighted by Crippen LogP contribution is -2.34. The molecule has 2 N–H and O–H groups in total. The molecule has 1 atom stereocenters. The van der Waals surface area contributed by atoms with Crippen LogP contribution in [0.2, 0.25) is 10.0 Å². The van der Waals surface area contributed by atoms with Crippen LogP contribution in [-0.4, -0.2) is 32.3 Å². The highest BCUT2D eigenvalue weighted by Gasteiger charge is 2.27. The van der Waals surface area contributed by atoms with Crippen molar-refractivity contribution in [2.24, 2.45) is 5.92 Å². The lowest BCUT2D eigenvalue weighted by molar-refractivity contribution is -0.113. The Labute approximate surface area is 227 Å². The Hall–Kier alpha value is -2.07. The predicted octanol–water partition coefficient (Wildman–Crippen LogP) is 6.53. The highest BCUT2D eigenvalue weighted by molar-refractivity contribution is 9.10. The van der Waals surface area contributed by atoms with E-state index in [1.54, 1.807) is 12.1 Å². The van der Waals surface area contributed by atoms with Gasteiger partial charge in [-0.1, -0.05) is 64.7 Å². The lowest BCUT2D eigenvalue weighted by atomic mass is 10.0. The summed E-state index contributed by atoms with van der Waals surface area (Å²) in [5.41, 5.74) is 2.06. The van der Waals surface area contributed by atoms with Crippen molar-refractivity contribution in [3.63, 3.8) is 0 Å². The number of amides is 2. The van der Waals surface area contributed by atoms with E-state index in [9.17, 15) is 9.59 Å². The first-order chi connectivity index (χ1) is 16.6. The molecule has 0 saturated carbocycles. The molecule has 3 rings (SSSR count). The van der Waals surface area contributed by atoms with Gasteiger partial charge in [-0.3, -0.25) is 9.59 Å². The van der Waals surface area contributed by atoms with E-state index in [1.165, 1.54) is 17.8 Å². The normalized spacial score (nSPS) is 12.0. The summed E-state index contributed by atoms with van der Waals surface area (Å²) < 4.78 is 2.87. The number of anilines is 1. The van der Waals surface area contributed by atoms with E-state index >= 15 is 0 Å². The fourth-order valence-electron chi connectivity index (χ4n) is 3.44. The van der Waals surface area contributed by atoms with Crippen molar-refractivity contribution in [2.75, 3.05) is 11.1 Å². The number of carbonyl (C=O) groups excluding carboxylic acids is 2. The maximum atomic E-state index is 13.0. The second-order valence-electron chi connectivity index (χ2n) is 8.20. The van der Waals surface area contributed by atoms with Crippen LogP contribution in [0.1, 0.15) is 48.6 Å². The molecule has 0 saturated heterocycles. The minimum Gasteiger partial charge on any atom is -0.342 e. The Bertz CT molecular complexity index is 1230. The van der Waals surface area contributed by atoms with Gasteiger partial charge in [-0.05, 0) is 61.7 Å². The zero-order valence-electron chi connectivity index (χ0n) is 19.7. The second kappa shape index (κ2) is 12.3. The average Bonchev–Trinajstić information content (AvgIpc) is 3.20. The molecule has 0 aliphatic heterocycles. The van der Waals surface area contributed by atoms with Crippen molar-refractivity contribution in [3.8, 4) is 0 Å². The van der Waals surface area contributed by atoms with Crippen molar-refractivity contribution in [2.45, 2.75) is 45.4 Å². The number of benzene rings is 2. The molecule has 11 heteroatoms. The Morgan fingerprint density at radius 3 is 2.51 bits per heavy atom. The van der Waals surface area contributed by atoms with Crippen LogP contribution >= 0.6 is 50.9 Å². The fraction of sp³-hybridized carbons (Fsp3) is 0.333. The minimum atomic E-state index is -0.407. The van der Waals surface area contributed by atoms with E-state index in [1.807, 2.05) is 50.5 Å². The number of thioether (sulfide) groups is 1. The van der Waals surface area contributed by atoms with Crippen LogP contribution in [0, 0.1) is 12.8 Å². The van der Waals surface area contributed by atoms with Crippen molar-refractivity contribution in [3.05, 3.63) is 67.9 Å². The molecule has 0 radical (unpaired) electrons. The predicted molar refractivity (Wildman–Crippen MR) is 145 cm³/mol. The molecule has 2 amide bonds. The van der Waals surface area contributed by atoms with Gasteiger partial charge >= 0.3 is 0 Å². The molecule has 7 nitrogen and oxygen atoms in total. The van der Waals surface area contributed by atoms with Crippen LogP contribution in [0.5, 0.6) is 0 Å². The zero-order valence-corrected chi connectivity index (χ0v) is 23.6. The second-order valence-corrected chi connectivity index (χ2v) is 10.9. The number of nitrogens with zero attached hydrogens (tertiary/aromatic N) is 3. The molecule has 0 spiro atoms. The van der Waals surface area contributed by atoms with Gasteiger partial charge in [0.15, 0.2) is 11.0 Å². The first-order valence-corrected chi connectivity index (χ1v) is 13.5. The Kier molecular flexibility index (Phi) is 9.63. The summed E-state index contributed by atoms with van der Waals surface area (Å²) in [5, 5.41) is 16.0. The Morgan fingerprint density at radius 2 is 1.89 bits per heavy atom. The molecular formula is C24H26BrCl2N5O2S.